The molecule has 0 saturated heterocycles. The number of fused-ring (bicyclic) bond motifs is 2. The van der Waals surface area contributed by atoms with Gasteiger partial charge in [0.1, 0.15) is 10.8 Å². The molecule has 148 valence electrons. The number of nitrogens with one attached hydrogen (secondary N) is 1. The van der Waals surface area contributed by atoms with E-state index in [0.717, 1.165) is 47.6 Å². The molecule has 0 radical (unpaired) electrons. The molecule has 2 fully saturated rings. The summed E-state index contributed by atoms with van der Waals surface area (Å²) in [6.07, 6.45) is 8.97. The predicted molar refractivity (Wildman–Crippen MR) is 111 cm³/mol. The van der Waals surface area contributed by atoms with E-state index in [1.807, 2.05) is 24.3 Å². The molecule has 4 rings (SSSR count). The summed E-state index contributed by atoms with van der Waals surface area (Å²) in [4.78, 5) is 17.1. The Morgan fingerprint density at radius 3 is 2.79 bits per heavy atom. The Hall–Kier alpha value is -1.88. The maximum absolute atomic E-state index is 13.0. The van der Waals surface area contributed by atoms with Crippen LogP contribution in [0.2, 0.25) is 0 Å². The molecule has 2 saturated carbocycles. The zero-order valence-corrected chi connectivity index (χ0v) is 16.9. The summed E-state index contributed by atoms with van der Waals surface area (Å²) in [5.41, 5.74) is 1.81. The number of rotatable bonds is 8. The van der Waals surface area contributed by atoms with Gasteiger partial charge < -0.3 is 5.32 Å². The minimum atomic E-state index is -0.201. The Kier molecular flexibility index (Phi) is 6.30. The minimum Gasteiger partial charge on any atom is -0.352 e. The summed E-state index contributed by atoms with van der Waals surface area (Å²) < 4.78 is 13.0. The standard InChI is InChI=1S/C23H27FN2OS/c24-20-9-6-16(7-10-20)3-2-12-28-23-21(4-1-11-25-23)22(27)26-15-19-14-17-5-8-18(19)13-17/h1,4,6-7,9-11,17-19H,2-3,5,8,12-15H2,(H,26,27). The Balaban J connectivity index is 1.26. The predicted octanol–water partition coefficient (Wildman–Crippen LogP) is 5.11. The van der Waals surface area contributed by atoms with Crippen LogP contribution in [0.15, 0.2) is 47.6 Å². The molecular formula is C23H27FN2OS. The molecular weight excluding hydrogens is 371 g/mol. The van der Waals surface area contributed by atoms with Gasteiger partial charge in [0, 0.05) is 12.7 Å². The van der Waals surface area contributed by atoms with E-state index in [-0.39, 0.29) is 11.7 Å². The zero-order chi connectivity index (χ0) is 19.3. The van der Waals surface area contributed by atoms with Gasteiger partial charge >= 0.3 is 0 Å². The van der Waals surface area contributed by atoms with Crippen molar-refractivity contribution < 1.29 is 9.18 Å². The molecule has 2 aliphatic rings. The molecule has 0 spiro atoms. The summed E-state index contributed by atoms with van der Waals surface area (Å²) in [6.45, 7) is 0.795. The van der Waals surface area contributed by atoms with Crippen LogP contribution in [0.25, 0.3) is 0 Å². The van der Waals surface area contributed by atoms with Crippen molar-refractivity contribution in [3.8, 4) is 0 Å². The lowest BCUT2D eigenvalue weighted by atomic mass is 9.89. The minimum absolute atomic E-state index is 0.00286. The van der Waals surface area contributed by atoms with Gasteiger partial charge in [-0.05, 0) is 85.4 Å². The smallest absolute Gasteiger partial charge is 0.254 e. The molecule has 3 nitrogen and oxygen atoms in total. The molecule has 28 heavy (non-hydrogen) atoms. The molecule has 2 aromatic rings. The average molecular weight is 399 g/mol. The number of pyridine rings is 1. The summed E-state index contributed by atoms with van der Waals surface area (Å²) in [5, 5.41) is 3.96. The van der Waals surface area contributed by atoms with Crippen LogP contribution in [-0.4, -0.2) is 23.2 Å². The van der Waals surface area contributed by atoms with Gasteiger partial charge in [-0.3, -0.25) is 4.79 Å². The number of nitrogens with zero attached hydrogens (tertiary/aromatic N) is 1. The van der Waals surface area contributed by atoms with Gasteiger partial charge in [0.2, 0.25) is 0 Å². The first kappa shape index (κ1) is 19.4. The highest BCUT2D eigenvalue weighted by Gasteiger charge is 2.39. The van der Waals surface area contributed by atoms with Crippen molar-refractivity contribution in [1.82, 2.24) is 10.3 Å². The zero-order valence-electron chi connectivity index (χ0n) is 16.1. The first-order chi connectivity index (χ1) is 13.7. The van der Waals surface area contributed by atoms with E-state index in [0.29, 0.717) is 11.5 Å². The van der Waals surface area contributed by atoms with E-state index in [1.165, 1.54) is 37.8 Å². The van der Waals surface area contributed by atoms with Crippen LogP contribution in [0.5, 0.6) is 0 Å². The summed E-state index contributed by atoms with van der Waals surface area (Å²) in [6, 6.07) is 10.4. The number of hydrogen-bond acceptors (Lipinski definition) is 3. The Labute approximate surface area is 170 Å². The number of hydrogen-bond donors (Lipinski definition) is 1. The molecule has 1 N–H and O–H groups in total. The molecule has 1 aromatic heterocycles. The van der Waals surface area contributed by atoms with Crippen LogP contribution in [0.1, 0.15) is 48.0 Å². The largest absolute Gasteiger partial charge is 0.352 e. The second kappa shape index (κ2) is 9.08. The highest BCUT2D eigenvalue weighted by atomic mass is 32.2. The van der Waals surface area contributed by atoms with Gasteiger partial charge in [-0.25, -0.2) is 9.37 Å². The lowest BCUT2D eigenvalue weighted by Crippen LogP contribution is -2.32. The van der Waals surface area contributed by atoms with E-state index < -0.39 is 0 Å². The van der Waals surface area contributed by atoms with Crippen molar-refractivity contribution in [3.63, 3.8) is 0 Å². The third-order valence-corrected chi connectivity index (χ3v) is 7.28. The van der Waals surface area contributed by atoms with Crippen molar-refractivity contribution in [3.05, 3.63) is 59.5 Å². The van der Waals surface area contributed by atoms with Gasteiger partial charge in [0.25, 0.3) is 5.91 Å². The summed E-state index contributed by atoms with van der Waals surface area (Å²) >= 11 is 1.62. The van der Waals surface area contributed by atoms with Crippen LogP contribution >= 0.6 is 11.8 Å². The molecule has 1 heterocycles. The van der Waals surface area contributed by atoms with Crippen molar-refractivity contribution in [2.75, 3.05) is 12.3 Å². The van der Waals surface area contributed by atoms with Crippen LogP contribution in [0, 0.1) is 23.6 Å². The Morgan fingerprint density at radius 2 is 2.04 bits per heavy atom. The van der Waals surface area contributed by atoms with Gasteiger partial charge in [0.15, 0.2) is 0 Å². The number of carbonyl (C=O) groups is 1. The number of aromatic nitrogens is 1. The Morgan fingerprint density at radius 1 is 1.18 bits per heavy atom. The Bertz CT molecular complexity index is 811. The average Bonchev–Trinajstić information content (AvgIpc) is 3.34. The van der Waals surface area contributed by atoms with E-state index >= 15 is 0 Å². The first-order valence-corrected chi connectivity index (χ1v) is 11.3. The molecule has 1 amide bonds. The van der Waals surface area contributed by atoms with Crippen LogP contribution < -0.4 is 5.32 Å². The molecule has 1 aromatic carbocycles. The lowest BCUT2D eigenvalue weighted by molar-refractivity contribution is 0.0938. The molecule has 2 bridgehead atoms. The maximum atomic E-state index is 13.0. The third kappa shape index (κ3) is 4.75. The molecule has 3 atom stereocenters. The van der Waals surface area contributed by atoms with Gasteiger partial charge in [0.05, 0.1) is 5.56 Å². The SMILES string of the molecule is O=C(NCC1CC2CCC1C2)c1cccnc1SCCCc1ccc(F)cc1. The monoisotopic (exact) mass is 398 g/mol. The van der Waals surface area contributed by atoms with Crippen molar-refractivity contribution in [2.45, 2.75) is 43.6 Å². The molecule has 0 aliphatic heterocycles. The van der Waals surface area contributed by atoms with Crippen molar-refractivity contribution in [2.24, 2.45) is 17.8 Å². The van der Waals surface area contributed by atoms with Crippen LogP contribution in [-0.2, 0) is 6.42 Å². The van der Waals surface area contributed by atoms with Gasteiger partial charge in [-0.15, -0.1) is 11.8 Å². The molecule has 3 unspecified atom stereocenters. The van der Waals surface area contributed by atoms with E-state index in [2.05, 4.69) is 10.3 Å². The van der Waals surface area contributed by atoms with E-state index in [1.54, 1.807) is 18.0 Å². The maximum Gasteiger partial charge on any atom is 0.254 e. The number of aryl methyl sites for hydroxylation is 1. The second-order valence-corrected chi connectivity index (χ2v) is 9.16. The quantitative estimate of drug-likeness (QED) is 0.496. The second-order valence-electron chi connectivity index (χ2n) is 8.08. The normalized spacial score (nSPS) is 23.1. The summed E-state index contributed by atoms with van der Waals surface area (Å²) in [7, 11) is 0. The third-order valence-electron chi connectivity index (χ3n) is 6.19. The van der Waals surface area contributed by atoms with E-state index in [9.17, 15) is 9.18 Å². The first-order valence-electron chi connectivity index (χ1n) is 10.3. The van der Waals surface area contributed by atoms with Crippen LogP contribution in [0.4, 0.5) is 4.39 Å². The number of thioether (sulfide) groups is 1. The fourth-order valence-electron chi connectivity index (χ4n) is 4.72. The van der Waals surface area contributed by atoms with Crippen LogP contribution in [0.3, 0.4) is 0 Å². The number of carbonyl (C=O) groups excluding carboxylic acids is 1. The highest BCUT2D eigenvalue weighted by molar-refractivity contribution is 7.99. The van der Waals surface area contributed by atoms with Gasteiger partial charge in [-0.2, -0.15) is 0 Å². The lowest BCUT2D eigenvalue weighted by Gasteiger charge is -2.22. The topological polar surface area (TPSA) is 42.0 Å². The number of halogens is 1. The number of benzene rings is 1. The van der Waals surface area contributed by atoms with Crippen molar-refractivity contribution >= 4 is 17.7 Å². The fourth-order valence-corrected chi connectivity index (χ4v) is 5.65. The fraction of sp³-hybridized carbons (Fsp3) is 0.478. The summed E-state index contributed by atoms with van der Waals surface area (Å²) in [5.74, 6) is 3.05. The van der Waals surface area contributed by atoms with Gasteiger partial charge in [-0.1, -0.05) is 18.6 Å². The van der Waals surface area contributed by atoms with E-state index in [4.69, 9.17) is 0 Å². The molecule has 5 heteroatoms. The van der Waals surface area contributed by atoms with Crippen molar-refractivity contribution in [1.29, 1.82) is 0 Å². The highest BCUT2D eigenvalue weighted by Crippen LogP contribution is 2.47. The molecule has 2 aliphatic carbocycles. The number of amides is 1.